The largest absolute Gasteiger partial charge is 0.264 e. The van der Waals surface area contributed by atoms with Crippen LogP contribution in [0.5, 0.6) is 0 Å². The number of hydrogen-bond donors (Lipinski definition) is 0. The maximum Gasteiger partial charge on any atom is 0.164 e. The second kappa shape index (κ2) is 13.3. The Morgan fingerprint density at radius 2 is 1.11 bits per heavy atom. The molecule has 47 heavy (non-hydrogen) atoms. The first-order chi connectivity index (χ1) is 23.1. The van der Waals surface area contributed by atoms with Gasteiger partial charge in [-0.3, -0.25) is 4.98 Å². The van der Waals surface area contributed by atoms with Gasteiger partial charge in [-0.1, -0.05) is 153 Å². The van der Waals surface area contributed by atoms with Gasteiger partial charge in [0.05, 0.1) is 0 Å². The molecule has 0 spiro atoms. The zero-order chi connectivity index (χ0) is 32.1. The fourth-order valence-electron chi connectivity index (χ4n) is 6.21. The van der Waals surface area contributed by atoms with Crippen molar-refractivity contribution < 1.29 is 0 Å². The van der Waals surface area contributed by atoms with E-state index in [0.29, 0.717) is 17.5 Å². The molecule has 0 fully saturated rings. The van der Waals surface area contributed by atoms with Gasteiger partial charge in [-0.15, -0.1) is 0 Å². The lowest BCUT2D eigenvalue weighted by Gasteiger charge is -2.29. The summed E-state index contributed by atoms with van der Waals surface area (Å²) >= 11 is 0. The van der Waals surface area contributed by atoms with E-state index < -0.39 is 0 Å². The molecule has 0 atom stereocenters. The minimum absolute atomic E-state index is 0.334. The van der Waals surface area contributed by atoms with Crippen molar-refractivity contribution in [3.05, 3.63) is 181 Å². The molecule has 2 aromatic heterocycles. The molecular weight excluding hydrogens is 573 g/mol. The van der Waals surface area contributed by atoms with Crippen LogP contribution in [0.15, 0.2) is 158 Å². The van der Waals surface area contributed by atoms with Crippen LogP contribution in [0.25, 0.3) is 45.0 Å². The van der Waals surface area contributed by atoms with Gasteiger partial charge in [0.2, 0.25) is 0 Å². The van der Waals surface area contributed by atoms with Gasteiger partial charge >= 0.3 is 0 Å². The van der Waals surface area contributed by atoms with E-state index in [2.05, 4.69) is 140 Å². The van der Waals surface area contributed by atoms with Gasteiger partial charge in [0.1, 0.15) is 0 Å². The predicted octanol–water partition coefficient (Wildman–Crippen LogP) is 10.4. The Bertz CT molecular complexity index is 2080. The SMILES string of the molecule is CC(C)(c1cccnc1)c1cccc(-c2nc(/C3=C/C=C(/c4ccccc4)C/C=C\C3)nc(-c3ccccc3)n2)c1-c1ccccc1. The Balaban J connectivity index is 1.45. The molecule has 0 saturated carbocycles. The summed E-state index contributed by atoms with van der Waals surface area (Å²) in [6.45, 7) is 4.51. The monoisotopic (exact) mass is 608 g/mol. The van der Waals surface area contributed by atoms with E-state index in [1.165, 1.54) is 16.7 Å². The smallest absolute Gasteiger partial charge is 0.164 e. The van der Waals surface area contributed by atoms with E-state index in [4.69, 9.17) is 15.0 Å². The van der Waals surface area contributed by atoms with Crippen molar-refractivity contribution in [3.8, 4) is 33.9 Å². The van der Waals surface area contributed by atoms with Gasteiger partial charge in [0.15, 0.2) is 17.5 Å². The van der Waals surface area contributed by atoms with Crippen LogP contribution in [0.3, 0.4) is 0 Å². The van der Waals surface area contributed by atoms with Crippen LogP contribution in [0, 0.1) is 0 Å². The lowest BCUT2D eigenvalue weighted by Crippen LogP contribution is -2.20. The molecule has 4 aromatic carbocycles. The summed E-state index contributed by atoms with van der Waals surface area (Å²) in [4.78, 5) is 19.9. The van der Waals surface area contributed by atoms with Gasteiger partial charge < -0.3 is 0 Å². The second-order valence-corrected chi connectivity index (χ2v) is 12.3. The number of nitrogens with zero attached hydrogens (tertiary/aromatic N) is 4. The summed E-state index contributed by atoms with van der Waals surface area (Å²) < 4.78 is 0. The molecule has 0 radical (unpaired) electrons. The maximum atomic E-state index is 5.24. The Morgan fingerprint density at radius 1 is 0.511 bits per heavy atom. The molecule has 2 heterocycles. The van der Waals surface area contributed by atoms with Crippen molar-refractivity contribution in [2.45, 2.75) is 32.1 Å². The average Bonchev–Trinajstić information content (AvgIpc) is 3.12. The number of rotatable bonds is 7. The molecule has 6 aromatic rings. The van der Waals surface area contributed by atoms with Crippen LogP contribution in [-0.4, -0.2) is 19.9 Å². The zero-order valence-corrected chi connectivity index (χ0v) is 26.7. The fourth-order valence-corrected chi connectivity index (χ4v) is 6.21. The minimum atomic E-state index is -0.334. The number of benzene rings is 4. The summed E-state index contributed by atoms with van der Waals surface area (Å²) in [5.41, 5.74) is 9.65. The molecule has 1 aliphatic rings. The number of aromatic nitrogens is 4. The summed E-state index contributed by atoms with van der Waals surface area (Å²) in [7, 11) is 0. The molecule has 0 bridgehead atoms. The van der Waals surface area contributed by atoms with Crippen molar-refractivity contribution in [2.75, 3.05) is 0 Å². The number of hydrogen-bond acceptors (Lipinski definition) is 4. The molecule has 0 N–H and O–H groups in total. The first kappa shape index (κ1) is 29.9. The molecule has 0 unspecified atom stereocenters. The van der Waals surface area contributed by atoms with E-state index in [1.54, 1.807) is 0 Å². The van der Waals surface area contributed by atoms with Crippen LogP contribution in [0.4, 0.5) is 0 Å². The topological polar surface area (TPSA) is 51.6 Å². The third-order valence-electron chi connectivity index (χ3n) is 8.85. The summed E-state index contributed by atoms with van der Waals surface area (Å²) in [5.74, 6) is 1.98. The normalized spacial score (nSPS) is 16.2. The van der Waals surface area contributed by atoms with Gasteiger partial charge in [-0.05, 0) is 52.3 Å². The van der Waals surface area contributed by atoms with Crippen LogP contribution in [0.1, 0.15) is 49.2 Å². The lowest BCUT2D eigenvalue weighted by molar-refractivity contribution is 0.639. The average molecular weight is 609 g/mol. The van der Waals surface area contributed by atoms with Crippen molar-refractivity contribution in [1.29, 1.82) is 0 Å². The van der Waals surface area contributed by atoms with Crippen molar-refractivity contribution in [3.63, 3.8) is 0 Å². The van der Waals surface area contributed by atoms with Crippen LogP contribution in [0.2, 0.25) is 0 Å². The molecule has 7 rings (SSSR count). The Hall–Kier alpha value is -5.74. The Morgan fingerprint density at radius 3 is 1.79 bits per heavy atom. The summed E-state index contributed by atoms with van der Waals surface area (Å²) in [6, 6.07) is 41.9. The molecule has 228 valence electrons. The van der Waals surface area contributed by atoms with Gasteiger partial charge in [-0.2, -0.15) is 0 Å². The van der Waals surface area contributed by atoms with Gasteiger partial charge in [0, 0.05) is 34.5 Å². The molecule has 4 nitrogen and oxygen atoms in total. The van der Waals surface area contributed by atoms with Crippen molar-refractivity contribution >= 4 is 11.1 Å². The Labute approximate surface area is 277 Å². The quantitative estimate of drug-likeness (QED) is 0.169. The van der Waals surface area contributed by atoms with Crippen molar-refractivity contribution in [1.82, 2.24) is 19.9 Å². The highest BCUT2D eigenvalue weighted by molar-refractivity contribution is 5.85. The summed E-state index contributed by atoms with van der Waals surface area (Å²) in [6.07, 6.45) is 14.3. The summed E-state index contributed by atoms with van der Waals surface area (Å²) in [5, 5.41) is 0. The lowest BCUT2D eigenvalue weighted by atomic mass is 9.74. The zero-order valence-electron chi connectivity index (χ0n) is 26.7. The number of pyridine rings is 1. The third-order valence-corrected chi connectivity index (χ3v) is 8.85. The first-order valence-corrected chi connectivity index (χ1v) is 16.1. The predicted molar refractivity (Wildman–Crippen MR) is 193 cm³/mol. The molecule has 1 aliphatic carbocycles. The highest BCUT2D eigenvalue weighted by Crippen LogP contribution is 2.42. The molecular formula is C43H36N4. The number of allylic oxidation sites excluding steroid dienone is 6. The first-order valence-electron chi connectivity index (χ1n) is 16.1. The highest BCUT2D eigenvalue weighted by Gasteiger charge is 2.29. The highest BCUT2D eigenvalue weighted by atomic mass is 15.0. The Kier molecular flexibility index (Phi) is 8.48. The van der Waals surface area contributed by atoms with Crippen LogP contribution in [-0.2, 0) is 5.41 Å². The molecule has 4 heteroatoms. The van der Waals surface area contributed by atoms with Crippen molar-refractivity contribution in [2.24, 2.45) is 0 Å². The van der Waals surface area contributed by atoms with E-state index in [-0.39, 0.29) is 5.41 Å². The standard InChI is InChI=1S/C43H36N4/c1-43(2,36-24-15-29-44-30-36)38-26-14-25-37(39(38)33-19-8-4-9-20-33)42-46-40(34-21-10-5-11-22-34)45-41(47-42)35-23-13-12-18-32(27-28-35)31-16-6-3-7-17-31/h3-17,19-22,24-30H,18,23H2,1-2H3/b13-12-,32-27+,35-28+. The molecule has 0 saturated heterocycles. The van der Waals surface area contributed by atoms with E-state index in [1.807, 2.05) is 36.7 Å². The van der Waals surface area contributed by atoms with E-state index in [0.717, 1.165) is 46.2 Å². The fraction of sp³-hybridized carbons (Fsp3) is 0.116. The molecule has 0 aliphatic heterocycles. The second-order valence-electron chi connectivity index (χ2n) is 12.3. The van der Waals surface area contributed by atoms with E-state index >= 15 is 0 Å². The maximum absolute atomic E-state index is 5.24. The third kappa shape index (κ3) is 6.36. The van der Waals surface area contributed by atoms with Gasteiger partial charge in [-0.25, -0.2) is 15.0 Å². The molecule has 0 amide bonds. The minimum Gasteiger partial charge on any atom is -0.264 e. The van der Waals surface area contributed by atoms with Crippen LogP contribution < -0.4 is 0 Å². The van der Waals surface area contributed by atoms with E-state index in [9.17, 15) is 0 Å². The van der Waals surface area contributed by atoms with Crippen LogP contribution >= 0.6 is 0 Å². The van der Waals surface area contributed by atoms with Gasteiger partial charge in [0.25, 0.3) is 0 Å².